The lowest BCUT2D eigenvalue weighted by atomic mass is 10.0. The first-order valence-corrected chi connectivity index (χ1v) is 6.11. The van der Waals surface area contributed by atoms with Crippen molar-refractivity contribution in [3.05, 3.63) is 0 Å². The van der Waals surface area contributed by atoms with E-state index in [-0.39, 0.29) is 12.0 Å². The van der Waals surface area contributed by atoms with E-state index in [1.165, 1.54) is 4.90 Å². The van der Waals surface area contributed by atoms with Crippen LogP contribution in [0, 0.1) is 0 Å². The maximum Gasteiger partial charge on any atom is 0.326 e. The second-order valence-electron chi connectivity index (χ2n) is 4.52. The van der Waals surface area contributed by atoms with E-state index in [0.29, 0.717) is 25.8 Å². The number of ether oxygens (including phenoxy) is 1. The van der Waals surface area contributed by atoms with Crippen LogP contribution in [-0.2, 0) is 14.3 Å². The van der Waals surface area contributed by atoms with Gasteiger partial charge in [0.05, 0.1) is 6.10 Å². The average molecular weight is 243 g/mol. The molecule has 17 heavy (non-hydrogen) atoms. The summed E-state index contributed by atoms with van der Waals surface area (Å²) in [6, 6.07) is -0.630. The first-order chi connectivity index (χ1) is 8.06. The Morgan fingerprint density at radius 3 is 2.76 bits per heavy atom. The van der Waals surface area contributed by atoms with Gasteiger partial charge in [0, 0.05) is 20.1 Å². The number of hydrogen-bond donors (Lipinski definition) is 1. The number of rotatable bonds is 5. The van der Waals surface area contributed by atoms with Crippen LogP contribution in [-0.4, -0.2) is 47.7 Å². The third-order valence-corrected chi connectivity index (χ3v) is 3.28. The van der Waals surface area contributed by atoms with Crippen molar-refractivity contribution in [2.24, 2.45) is 0 Å². The molecule has 0 bridgehead atoms. The van der Waals surface area contributed by atoms with Crippen LogP contribution in [0.1, 0.15) is 39.0 Å². The van der Waals surface area contributed by atoms with Crippen molar-refractivity contribution in [1.29, 1.82) is 0 Å². The monoisotopic (exact) mass is 243 g/mol. The number of methoxy groups -OCH3 is 1. The van der Waals surface area contributed by atoms with Gasteiger partial charge in [0.1, 0.15) is 6.04 Å². The number of amides is 1. The summed E-state index contributed by atoms with van der Waals surface area (Å²) in [5.74, 6) is -0.959. The largest absolute Gasteiger partial charge is 0.480 e. The maximum atomic E-state index is 11.9. The minimum atomic E-state index is -0.891. The van der Waals surface area contributed by atoms with E-state index in [2.05, 4.69) is 0 Å². The highest BCUT2D eigenvalue weighted by Gasteiger charge is 2.31. The average Bonchev–Trinajstić information content (AvgIpc) is 2.35. The molecule has 1 rings (SSSR count). The number of nitrogens with zero attached hydrogens (tertiary/aromatic N) is 1. The second-order valence-corrected chi connectivity index (χ2v) is 4.52. The van der Waals surface area contributed by atoms with Gasteiger partial charge in [-0.05, 0) is 32.6 Å². The summed E-state index contributed by atoms with van der Waals surface area (Å²) in [7, 11) is 1.61. The number of carbonyl (C=O) groups is 2. The van der Waals surface area contributed by atoms with E-state index in [1.807, 2.05) is 6.92 Å². The molecule has 1 aliphatic heterocycles. The Labute approximate surface area is 102 Å². The van der Waals surface area contributed by atoms with E-state index in [9.17, 15) is 9.59 Å². The van der Waals surface area contributed by atoms with E-state index in [1.54, 1.807) is 7.11 Å². The smallest absolute Gasteiger partial charge is 0.326 e. The minimum Gasteiger partial charge on any atom is -0.480 e. The lowest BCUT2D eigenvalue weighted by molar-refractivity contribution is -0.152. The third kappa shape index (κ3) is 4.00. The molecule has 5 nitrogen and oxygen atoms in total. The van der Waals surface area contributed by atoms with Gasteiger partial charge in [-0.15, -0.1) is 0 Å². The van der Waals surface area contributed by atoms with Gasteiger partial charge >= 0.3 is 5.97 Å². The van der Waals surface area contributed by atoms with Gasteiger partial charge in [0.15, 0.2) is 0 Å². The van der Waals surface area contributed by atoms with Crippen molar-refractivity contribution < 1.29 is 19.4 Å². The number of aliphatic carboxylic acids is 1. The molecule has 0 radical (unpaired) electrons. The normalized spacial score (nSPS) is 22.2. The van der Waals surface area contributed by atoms with E-state index < -0.39 is 12.0 Å². The fraction of sp³-hybridized carbons (Fsp3) is 0.833. The summed E-state index contributed by atoms with van der Waals surface area (Å²) < 4.78 is 5.08. The van der Waals surface area contributed by atoms with E-state index in [4.69, 9.17) is 9.84 Å². The van der Waals surface area contributed by atoms with Gasteiger partial charge < -0.3 is 14.7 Å². The minimum absolute atomic E-state index is 0.0343. The van der Waals surface area contributed by atoms with Crippen molar-refractivity contribution in [1.82, 2.24) is 4.90 Å². The highest BCUT2D eigenvalue weighted by molar-refractivity contribution is 5.83. The van der Waals surface area contributed by atoms with Crippen molar-refractivity contribution in [3.63, 3.8) is 0 Å². The van der Waals surface area contributed by atoms with Gasteiger partial charge in [0.2, 0.25) is 5.91 Å². The van der Waals surface area contributed by atoms with Gasteiger partial charge in [-0.2, -0.15) is 0 Å². The Bertz CT molecular complexity index is 280. The number of carbonyl (C=O) groups excluding carboxylic acids is 1. The predicted octanol–water partition coefficient (Wildman–Crippen LogP) is 1.27. The number of carboxylic acids is 1. The molecule has 1 amide bonds. The molecular formula is C12H21NO4. The number of hydrogen-bond acceptors (Lipinski definition) is 3. The first-order valence-electron chi connectivity index (χ1n) is 6.11. The lowest BCUT2D eigenvalue weighted by Crippen LogP contribution is -2.48. The predicted molar refractivity (Wildman–Crippen MR) is 62.7 cm³/mol. The number of piperidine rings is 1. The molecule has 1 fully saturated rings. The van der Waals surface area contributed by atoms with Crippen LogP contribution in [0.4, 0.5) is 0 Å². The Morgan fingerprint density at radius 1 is 1.47 bits per heavy atom. The van der Waals surface area contributed by atoms with Gasteiger partial charge in [-0.25, -0.2) is 4.79 Å². The zero-order valence-corrected chi connectivity index (χ0v) is 10.5. The second kappa shape index (κ2) is 6.59. The SMILES string of the molecule is COC(C)CCC(=O)N1CCCCC1C(=O)O. The summed E-state index contributed by atoms with van der Waals surface area (Å²) in [6.45, 7) is 2.47. The van der Waals surface area contributed by atoms with Crippen molar-refractivity contribution in [2.75, 3.05) is 13.7 Å². The molecule has 1 saturated heterocycles. The van der Waals surface area contributed by atoms with Gasteiger partial charge in [-0.3, -0.25) is 4.79 Å². The van der Waals surface area contributed by atoms with Crippen molar-refractivity contribution in [2.45, 2.75) is 51.2 Å². The van der Waals surface area contributed by atoms with Crippen molar-refractivity contribution in [3.8, 4) is 0 Å². The summed E-state index contributed by atoms with van der Waals surface area (Å²) in [6.07, 6.45) is 3.38. The topological polar surface area (TPSA) is 66.8 Å². The molecule has 2 atom stereocenters. The molecule has 1 aliphatic rings. The highest BCUT2D eigenvalue weighted by atomic mass is 16.5. The van der Waals surface area contributed by atoms with Crippen molar-refractivity contribution >= 4 is 11.9 Å². The van der Waals surface area contributed by atoms with Crippen LogP contribution in [0.2, 0.25) is 0 Å². The zero-order valence-electron chi connectivity index (χ0n) is 10.5. The molecule has 0 aromatic heterocycles. The summed E-state index contributed by atoms with van der Waals surface area (Å²) in [5, 5.41) is 9.06. The Morgan fingerprint density at radius 2 is 2.18 bits per heavy atom. The van der Waals surface area contributed by atoms with Crippen LogP contribution in [0.15, 0.2) is 0 Å². The fourth-order valence-electron chi connectivity index (χ4n) is 2.08. The molecule has 0 aliphatic carbocycles. The Kier molecular flexibility index (Phi) is 5.41. The molecular weight excluding hydrogens is 222 g/mol. The maximum absolute atomic E-state index is 11.9. The fourth-order valence-corrected chi connectivity index (χ4v) is 2.08. The van der Waals surface area contributed by atoms with Crippen LogP contribution < -0.4 is 0 Å². The van der Waals surface area contributed by atoms with Crippen LogP contribution in [0.25, 0.3) is 0 Å². The molecule has 1 heterocycles. The molecule has 0 saturated carbocycles. The third-order valence-electron chi connectivity index (χ3n) is 3.28. The molecule has 98 valence electrons. The zero-order chi connectivity index (χ0) is 12.8. The van der Waals surface area contributed by atoms with E-state index >= 15 is 0 Å². The van der Waals surface area contributed by atoms with E-state index in [0.717, 1.165) is 12.8 Å². The van der Waals surface area contributed by atoms with Crippen LogP contribution in [0.5, 0.6) is 0 Å². The quantitative estimate of drug-likeness (QED) is 0.789. The Hall–Kier alpha value is -1.10. The molecule has 2 unspecified atom stereocenters. The molecule has 0 aromatic carbocycles. The number of carboxylic acid groups (broad SMARTS) is 1. The van der Waals surface area contributed by atoms with Crippen LogP contribution >= 0.6 is 0 Å². The summed E-state index contributed by atoms with van der Waals surface area (Å²) >= 11 is 0. The van der Waals surface area contributed by atoms with Gasteiger partial charge in [0.25, 0.3) is 0 Å². The van der Waals surface area contributed by atoms with Crippen LogP contribution in [0.3, 0.4) is 0 Å². The number of likely N-dealkylation sites (tertiary alicyclic amines) is 1. The van der Waals surface area contributed by atoms with Gasteiger partial charge in [-0.1, -0.05) is 0 Å². The summed E-state index contributed by atoms with van der Waals surface area (Å²) in [5.41, 5.74) is 0. The molecule has 0 spiro atoms. The summed E-state index contributed by atoms with van der Waals surface area (Å²) in [4.78, 5) is 24.5. The lowest BCUT2D eigenvalue weighted by Gasteiger charge is -2.33. The standard InChI is InChI=1S/C12H21NO4/c1-9(17-2)6-7-11(14)13-8-4-3-5-10(13)12(15)16/h9-10H,3-8H2,1-2H3,(H,15,16). The molecule has 0 aromatic rings. The molecule has 1 N–H and O–H groups in total. The molecule has 5 heteroatoms. The Balaban J connectivity index is 2.50. The first kappa shape index (κ1) is 14.0. The highest BCUT2D eigenvalue weighted by Crippen LogP contribution is 2.19.